The van der Waals surface area contributed by atoms with Crippen LogP contribution in [0, 0.1) is 0 Å². The molecule has 0 radical (unpaired) electrons. The highest BCUT2D eigenvalue weighted by Crippen LogP contribution is 2.29. The minimum atomic E-state index is -0.842. The fraction of sp³-hybridized carbons (Fsp3) is 0.294. The second-order valence-corrected chi connectivity index (χ2v) is 5.99. The Morgan fingerprint density at radius 1 is 1.38 bits per heavy atom. The first-order valence-corrected chi connectivity index (χ1v) is 8.02. The van der Waals surface area contributed by atoms with E-state index >= 15 is 0 Å². The Kier molecular flexibility index (Phi) is 5.27. The Bertz CT molecular complexity index is 714. The van der Waals surface area contributed by atoms with Gasteiger partial charge in [-0.1, -0.05) is 11.6 Å². The summed E-state index contributed by atoms with van der Waals surface area (Å²) in [5.74, 6) is 0.811. The number of carbonyl (C=O) groups is 1. The molecule has 1 saturated heterocycles. The molecule has 0 aliphatic carbocycles. The molecule has 1 aromatic carbocycles. The van der Waals surface area contributed by atoms with Gasteiger partial charge in [0.2, 0.25) is 0 Å². The molecule has 0 saturated carbocycles. The van der Waals surface area contributed by atoms with Crippen molar-refractivity contribution in [1.29, 1.82) is 0 Å². The zero-order valence-corrected chi connectivity index (χ0v) is 13.6. The summed E-state index contributed by atoms with van der Waals surface area (Å²) in [4.78, 5) is 16.1. The molecular formula is C17H17ClFN3O2. The van der Waals surface area contributed by atoms with Gasteiger partial charge in [-0.3, -0.25) is 9.78 Å². The van der Waals surface area contributed by atoms with Crippen molar-refractivity contribution in [3.63, 3.8) is 0 Å². The first-order chi connectivity index (χ1) is 11.6. The summed E-state index contributed by atoms with van der Waals surface area (Å²) in [5.41, 5.74) is 0.428. The summed E-state index contributed by atoms with van der Waals surface area (Å²) in [6.45, 7) is 0.722. The van der Waals surface area contributed by atoms with Crippen LogP contribution in [0.1, 0.15) is 16.8 Å². The molecular weight excluding hydrogens is 333 g/mol. The van der Waals surface area contributed by atoms with Crippen LogP contribution in [0.2, 0.25) is 5.02 Å². The number of rotatable bonds is 5. The first kappa shape index (κ1) is 16.7. The van der Waals surface area contributed by atoms with Crippen molar-refractivity contribution < 1.29 is 13.9 Å². The normalized spacial score (nSPS) is 19.9. The number of aromatic nitrogens is 1. The molecule has 0 bridgehead atoms. The lowest BCUT2D eigenvalue weighted by atomic mass is 10.2. The van der Waals surface area contributed by atoms with Gasteiger partial charge in [0.25, 0.3) is 5.91 Å². The lowest BCUT2D eigenvalue weighted by Gasteiger charge is -2.12. The molecule has 2 aromatic rings. The number of halogens is 2. The van der Waals surface area contributed by atoms with Gasteiger partial charge in [0.1, 0.15) is 17.7 Å². The molecule has 1 amide bonds. The molecule has 1 aliphatic rings. The fourth-order valence-electron chi connectivity index (χ4n) is 2.50. The summed E-state index contributed by atoms with van der Waals surface area (Å²) in [5, 5.41) is 6.14. The average molecular weight is 350 g/mol. The summed E-state index contributed by atoms with van der Waals surface area (Å²) in [6.07, 6.45) is 2.81. The minimum absolute atomic E-state index is 0.0336. The number of nitrogens with zero attached hydrogens (tertiary/aromatic N) is 1. The molecule has 7 heteroatoms. The van der Waals surface area contributed by atoms with Crippen molar-refractivity contribution >= 4 is 17.5 Å². The molecule has 5 nitrogen and oxygen atoms in total. The molecule has 1 fully saturated rings. The van der Waals surface area contributed by atoms with Gasteiger partial charge in [0, 0.05) is 37.1 Å². The predicted octanol–water partition coefficient (Wildman–Crippen LogP) is 2.96. The molecule has 1 aromatic heterocycles. The SMILES string of the molecule is O=C(NC[C@@H]1C[C@H](F)CN1)c1ccc(Oc2ccncc2)c(Cl)c1. The maximum atomic E-state index is 13.1. The van der Waals surface area contributed by atoms with Crippen LogP contribution in [-0.2, 0) is 0 Å². The Balaban J connectivity index is 1.60. The van der Waals surface area contributed by atoms with Gasteiger partial charge in [-0.2, -0.15) is 0 Å². The number of alkyl halides is 1. The molecule has 0 unspecified atom stereocenters. The van der Waals surface area contributed by atoms with Crippen molar-refractivity contribution in [2.45, 2.75) is 18.6 Å². The number of carbonyl (C=O) groups excluding carboxylic acids is 1. The summed E-state index contributed by atoms with van der Waals surface area (Å²) < 4.78 is 18.7. The molecule has 24 heavy (non-hydrogen) atoms. The average Bonchev–Trinajstić information content (AvgIpc) is 3.01. The van der Waals surface area contributed by atoms with E-state index < -0.39 is 6.17 Å². The van der Waals surface area contributed by atoms with Gasteiger partial charge in [0.05, 0.1) is 5.02 Å². The molecule has 126 valence electrons. The largest absolute Gasteiger partial charge is 0.456 e. The molecule has 0 spiro atoms. The van der Waals surface area contributed by atoms with Crippen LogP contribution in [0.15, 0.2) is 42.7 Å². The van der Waals surface area contributed by atoms with Crippen LogP contribution < -0.4 is 15.4 Å². The van der Waals surface area contributed by atoms with E-state index in [1.54, 1.807) is 42.7 Å². The topological polar surface area (TPSA) is 63.2 Å². The minimum Gasteiger partial charge on any atom is -0.456 e. The Hall–Kier alpha value is -2.18. The quantitative estimate of drug-likeness (QED) is 0.871. The van der Waals surface area contributed by atoms with E-state index in [0.717, 1.165) is 0 Å². The number of nitrogens with one attached hydrogen (secondary N) is 2. The molecule has 2 N–H and O–H groups in total. The summed E-state index contributed by atoms with van der Waals surface area (Å²) >= 11 is 6.19. The second kappa shape index (κ2) is 7.59. The third-order valence-corrected chi connectivity index (χ3v) is 4.04. The zero-order valence-electron chi connectivity index (χ0n) is 12.8. The summed E-state index contributed by atoms with van der Waals surface area (Å²) in [7, 11) is 0. The number of hydrogen-bond donors (Lipinski definition) is 2. The summed E-state index contributed by atoms with van der Waals surface area (Å²) in [6, 6.07) is 8.22. The van der Waals surface area contributed by atoms with Crippen LogP contribution >= 0.6 is 11.6 Å². The van der Waals surface area contributed by atoms with E-state index in [1.807, 2.05) is 0 Å². The van der Waals surface area contributed by atoms with Crippen molar-refractivity contribution in [1.82, 2.24) is 15.6 Å². The fourth-order valence-corrected chi connectivity index (χ4v) is 2.72. The second-order valence-electron chi connectivity index (χ2n) is 5.58. The molecule has 1 aliphatic heterocycles. The number of benzene rings is 1. The standard InChI is InChI=1S/C17H17ClFN3O2/c18-15-7-11(17(23)22-10-13-8-12(19)9-21-13)1-2-16(15)24-14-3-5-20-6-4-14/h1-7,12-13,21H,8-10H2,(H,22,23)/t12-,13-/m0/s1. The van der Waals surface area contributed by atoms with E-state index in [9.17, 15) is 9.18 Å². The van der Waals surface area contributed by atoms with Gasteiger partial charge in [-0.05, 0) is 36.8 Å². The Labute approximate surface area is 144 Å². The number of pyridine rings is 1. The smallest absolute Gasteiger partial charge is 0.251 e. The third-order valence-electron chi connectivity index (χ3n) is 3.75. The van der Waals surface area contributed by atoms with Gasteiger partial charge in [0.15, 0.2) is 0 Å². The van der Waals surface area contributed by atoms with E-state index in [2.05, 4.69) is 15.6 Å². The van der Waals surface area contributed by atoms with Crippen LogP contribution in [0.25, 0.3) is 0 Å². The number of hydrogen-bond acceptors (Lipinski definition) is 4. The van der Waals surface area contributed by atoms with E-state index in [0.29, 0.717) is 41.6 Å². The predicted molar refractivity (Wildman–Crippen MR) is 89.4 cm³/mol. The van der Waals surface area contributed by atoms with Crippen molar-refractivity contribution in [2.75, 3.05) is 13.1 Å². The van der Waals surface area contributed by atoms with Gasteiger partial charge >= 0.3 is 0 Å². The molecule has 2 heterocycles. The maximum absolute atomic E-state index is 13.1. The number of amides is 1. The lowest BCUT2D eigenvalue weighted by molar-refractivity contribution is 0.0950. The monoisotopic (exact) mass is 349 g/mol. The van der Waals surface area contributed by atoms with Crippen molar-refractivity contribution in [3.05, 3.63) is 53.3 Å². The molecule has 2 atom stereocenters. The highest BCUT2D eigenvalue weighted by molar-refractivity contribution is 6.32. The highest BCUT2D eigenvalue weighted by atomic mass is 35.5. The van der Waals surface area contributed by atoms with Gasteiger partial charge in [-0.15, -0.1) is 0 Å². The van der Waals surface area contributed by atoms with E-state index in [4.69, 9.17) is 16.3 Å². The van der Waals surface area contributed by atoms with Crippen LogP contribution in [0.4, 0.5) is 4.39 Å². The van der Waals surface area contributed by atoms with Gasteiger partial charge in [-0.25, -0.2) is 4.39 Å². The Morgan fingerprint density at radius 3 is 2.83 bits per heavy atom. The van der Waals surface area contributed by atoms with E-state index in [-0.39, 0.29) is 11.9 Å². The lowest BCUT2D eigenvalue weighted by Crippen LogP contribution is -2.37. The van der Waals surface area contributed by atoms with Crippen LogP contribution in [0.3, 0.4) is 0 Å². The van der Waals surface area contributed by atoms with Crippen LogP contribution in [0.5, 0.6) is 11.5 Å². The Morgan fingerprint density at radius 2 is 2.17 bits per heavy atom. The van der Waals surface area contributed by atoms with Crippen molar-refractivity contribution in [3.8, 4) is 11.5 Å². The van der Waals surface area contributed by atoms with Gasteiger partial charge < -0.3 is 15.4 Å². The number of ether oxygens (including phenoxy) is 1. The first-order valence-electron chi connectivity index (χ1n) is 7.65. The molecule has 3 rings (SSSR count). The highest BCUT2D eigenvalue weighted by Gasteiger charge is 2.23. The third kappa shape index (κ3) is 4.21. The van der Waals surface area contributed by atoms with Crippen molar-refractivity contribution in [2.24, 2.45) is 0 Å². The van der Waals surface area contributed by atoms with E-state index in [1.165, 1.54) is 0 Å². The zero-order chi connectivity index (χ0) is 16.9. The van der Waals surface area contributed by atoms with Crippen LogP contribution in [-0.4, -0.2) is 36.2 Å². The maximum Gasteiger partial charge on any atom is 0.251 e.